The number of imide groups is 1. The third-order valence-electron chi connectivity index (χ3n) is 4.36. The van der Waals surface area contributed by atoms with Gasteiger partial charge in [-0.05, 0) is 36.4 Å². The van der Waals surface area contributed by atoms with Gasteiger partial charge in [-0.1, -0.05) is 12.1 Å². The van der Waals surface area contributed by atoms with E-state index in [1.807, 2.05) is 29.6 Å². The molecule has 0 unspecified atom stereocenters. The van der Waals surface area contributed by atoms with E-state index in [9.17, 15) is 9.59 Å². The molecule has 0 saturated heterocycles. The van der Waals surface area contributed by atoms with E-state index in [4.69, 9.17) is 4.74 Å². The van der Waals surface area contributed by atoms with E-state index in [1.165, 1.54) is 16.2 Å². The molecular formula is C20H17N3O3S. The van der Waals surface area contributed by atoms with Crippen molar-refractivity contribution in [2.24, 2.45) is 0 Å². The molecule has 4 rings (SSSR count). The van der Waals surface area contributed by atoms with Gasteiger partial charge in [0.05, 0.1) is 23.9 Å². The number of ether oxygens (including phenoxy) is 1. The first-order valence-corrected chi connectivity index (χ1v) is 9.34. The van der Waals surface area contributed by atoms with Crippen LogP contribution in [0.4, 0.5) is 10.8 Å². The molecule has 0 radical (unpaired) electrons. The fourth-order valence-corrected chi connectivity index (χ4v) is 3.71. The highest BCUT2D eigenvalue weighted by Gasteiger charge is 2.34. The van der Waals surface area contributed by atoms with Crippen molar-refractivity contribution in [1.82, 2.24) is 9.88 Å². The van der Waals surface area contributed by atoms with E-state index in [1.54, 1.807) is 31.4 Å². The molecule has 1 aliphatic heterocycles. The minimum absolute atomic E-state index is 0.234. The van der Waals surface area contributed by atoms with Gasteiger partial charge in [-0.2, -0.15) is 0 Å². The number of hydrogen-bond acceptors (Lipinski definition) is 6. The molecule has 7 heteroatoms. The maximum Gasteiger partial charge on any atom is 0.261 e. The van der Waals surface area contributed by atoms with Crippen LogP contribution in [0.1, 0.15) is 26.4 Å². The summed E-state index contributed by atoms with van der Waals surface area (Å²) in [6.07, 6.45) is 0.520. The molecule has 27 heavy (non-hydrogen) atoms. The van der Waals surface area contributed by atoms with Crippen LogP contribution in [0.2, 0.25) is 0 Å². The van der Waals surface area contributed by atoms with Crippen LogP contribution in [-0.2, 0) is 6.42 Å². The molecule has 1 aliphatic rings. The molecule has 0 atom stereocenters. The van der Waals surface area contributed by atoms with Gasteiger partial charge < -0.3 is 10.1 Å². The molecule has 0 spiro atoms. The Morgan fingerprint density at radius 2 is 1.70 bits per heavy atom. The Labute approximate surface area is 160 Å². The summed E-state index contributed by atoms with van der Waals surface area (Å²) >= 11 is 1.48. The Morgan fingerprint density at radius 3 is 2.33 bits per heavy atom. The number of carbonyl (C=O) groups excluding carboxylic acids is 2. The summed E-state index contributed by atoms with van der Waals surface area (Å²) in [6.45, 7) is 0.318. The number of nitrogens with zero attached hydrogens (tertiary/aromatic N) is 2. The topological polar surface area (TPSA) is 71.5 Å². The Bertz CT molecular complexity index is 963. The van der Waals surface area contributed by atoms with Crippen molar-refractivity contribution in [2.45, 2.75) is 6.42 Å². The lowest BCUT2D eigenvalue weighted by Crippen LogP contribution is -2.31. The maximum absolute atomic E-state index is 12.4. The number of benzene rings is 2. The Kier molecular flexibility index (Phi) is 4.60. The van der Waals surface area contributed by atoms with Crippen molar-refractivity contribution in [3.63, 3.8) is 0 Å². The lowest BCUT2D eigenvalue weighted by Gasteiger charge is -2.12. The first-order valence-electron chi connectivity index (χ1n) is 8.46. The molecule has 0 saturated carbocycles. The number of thiazole rings is 1. The summed E-state index contributed by atoms with van der Waals surface area (Å²) in [7, 11) is 1.63. The molecule has 136 valence electrons. The van der Waals surface area contributed by atoms with Crippen molar-refractivity contribution in [3.8, 4) is 5.75 Å². The molecule has 2 heterocycles. The third-order valence-corrected chi connectivity index (χ3v) is 5.17. The van der Waals surface area contributed by atoms with Crippen LogP contribution in [0.3, 0.4) is 0 Å². The first-order chi connectivity index (χ1) is 13.2. The number of rotatable bonds is 6. The highest BCUT2D eigenvalue weighted by atomic mass is 32.1. The molecule has 1 aromatic heterocycles. The van der Waals surface area contributed by atoms with Crippen LogP contribution in [0.25, 0.3) is 0 Å². The number of aromatic nitrogens is 1. The van der Waals surface area contributed by atoms with Crippen LogP contribution in [0.5, 0.6) is 5.75 Å². The minimum atomic E-state index is -0.234. The third kappa shape index (κ3) is 3.41. The quantitative estimate of drug-likeness (QED) is 0.661. The fraction of sp³-hybridized carbons (Fsp3) is 0.150. The monoisotopic (exact) mass is 379 g/mol. The highest BCUT2D eigenvalue weighted by molar-refractivity contribution is 7.13. The van der Waals surface area contributed by atoms with Gasteiger partial charge in [0.2, 0.25) is 0 Å². The van der Waals surface area contributed by atoms with Crippen molar-refractivity contribution >= 4 is 34.0 Å². The van der Waals surface area contributed by atoms with Crippen LogP contribution in [0.15, 0.2) is 53.9 Å². The Balaban J connectivity index is 1.39. The Morgan fingerprint density at radius 1 is 1.04 bits per heavy atom. The van der Waals surface area contributed by atoms with E-state index in [0.29, 0.717) is 24.1 Å². The SMILES string of the molecule is COc1ccc(Nc2nc(CCN3C(=O)c4ccccc4C3=O)cs2)cc1. The lowest BCUT2D eigenvalue weighted by atomic mass is 10.1. The van der Waals surface area contributed by atoms with E-state index >= 15 is 0 Å². The molecule has 6 nitrogen and oxygen atoms in total. The predicted octanol–water partition coefficient (Wildman–Crippen LogP) is 3.73. The van der Waals surface area contributed by atoms with Gasteiger partial charge in [-0.15, -0.1) is 11.3 Å². The molecule has 0 bridgehead atoms. The van der Waals surface area contributed by atoms with Gasteiger partial charge in [0.1, 0.15) is 5.75 Å². The number of carbonyl (C=O) groups is 2. The average Bonchev–Trinajstić information content (AvgIpc) is 3.24. The second kappa shape index (κ2) is 7.20. The summed E-state index contributed by atoms with van der Waals surface area (Å²) < 4.78 is 5.14. The summed E-state index contributed by atoms with van der Waals surface area (Å²) in [6, 6.07) is 14.5. The first kappa shape index (κ1) is 17.2. The minimum Gasteiger partial charge on any atom is -0.497 e. The van der Waals surface area contributed by atoms with Gasteiger partial charge in [-0.25, -0.2) is 4.98 Å². The van der Waals surface area contributed by atoms with Gasteiger partial charge in [0.15, 0.2) is 5.13 Å². The number of nitrogens with one attached hydrogen (secondary N) is 1. The van der Waals surface area contributed by atoms with Crippen LogP contribution < -0.4 is 10.1 Å². The standard InChI is InChI=1S/C20H17N3O3S/c1-26-15-8-6-13(7-9-15)21-20-22-14(12-27-20)10-11-23-18(24)16-4-2-3-5-17(16)19(23)25/h2-9,12H,10-11H2,1H3,(H,21,22). The molecule has 2 aromatic carbocycles. The van der Waals surface area contributed by atoms with Gasteiger partial charge in [-0.3, -0.25) is 14.5 Å². The fourth-order valence-electron chi connectivity index (χ4n) is 2.95. The zero-order valence-electron chi connectivity index (χ0n) is 14.6. The van der Waals surface area contributed by atoms with E-state index < -0.39 is 0 Å². The summed E-state index contributed by atoms with van der Waals surface area (Å²) in [4.78, 5) is 30.6. The van der Waals surface area contributed by atoms with E-state index in [0.717, 1.165) is 22.3 Å². The smallest absolute Gasteiger partial charge is 0.261 e. The maximum atomic E-state index is 12.4. The lowest BCUT2D eigenvalue weighted by molar-refractivity contribution is 0.0656. The van der Waals surface area contributed by atoms with Gasteiger partial charge >= 0.3 is 0 Å². The molecule has 1 N–H and O–H groups in total. The summed E-state index contributed by atoms with van der Waals surface area (Å²) in [5.74, 6) is 0.325. The second-order valence-electron chi connectivity index (χ2n) is 6.06. The molecule has 2 amide bonds. The van der Waals surface area contributed by atoms with Crippen molar-refractivity contribution in [3.05, 3.63) is 70.7 Å². The predicted molar refractivity (Wildman–Crippen MR) is 104 cm³/mol. The average molecular weight is 379 g/mol. The number of hydrogen-bond donors (Lipinski definition) is 1. The zero-order chi connectivity index (χ0) is 18.8. The van der Waals surface area contributed by atoms with Gasteiger partial charge in [0.25, 0.3) is 11.8 Å². The zero-order valence-corrected chi connectivity index (χ0v) is 15.5. The summed E-state index contributed by atoms with van der Waals surface area (Å²) in [5, 5.41) is 5.94. The largest absolute Gasteiger partial charge is 0.497 e. The van der Waals surface area contributed by atoms with Crippen molar-refractivity contribution < 1.29 is 14.3 Å². The normalized spacial score (nSPS) is 13.0. The van der Waals surface area contributed by atoms with E-state index in [2.05, 4.69) is 10.3 Å². The van der Waals surface area contributed by atoms with E-state index in [-0.39, 0.29) is 11.8 Å². The van der Waals surface area contributed by atoms with Crippen molar-refractivity contribution in [1.29, 1.82) is 0 Å². The Hall–Kier alpha value is -3.19. The van der Waals surface area contributed by atoms with Crippen LogP contribution >= 0.6 is 11.3 Å². The number of anilines is 2. The molecule has 3 aromatic rings. The number of amides is 2. The van der Waals surface area contributed by atoms with Crippen molar-refractivity contribution in [2.75, 3.05) is 19.0 Å². The highest BCUT2D eigenvalue weighted by Crippen LogP contribution is 2.25. The van der Waals surface area contributed by atoms with Crippen LogP contribution in [0, 0.1) is 0 Å². The van der Waals surface area contributed by atoms with Crippen LogP contribution in [-0.4, -0.2) is 35.4 Å². The molecule has 0 fully saturated rings. The number of methoxy groups -OCH3 is 1. The number of fused-ring (bicyclic) bond motifs is 1. The second-order valence-corrected chi connectivity index (χ2v) is 6.91. The molecule has 0 aliphatic carbocycles. The summed E-state index contributed by atoms with van der Waals surface area (Å²) in [5.41, 5.74) is 2.70. The van der Waals surface area contributed by atoms with Gasteiger partial charge in [0, 0.05) is 24.0 Å². The molecular weight excluding hydrogens is 362 g/mol.